The van der Waals surface area contributed by atoms with Gasteiger partial charge in [0.2, 0.25) is 0 Å². The highest BCUT2D eigenvalue weighted by Crippen LogP contribution is 2.48. The molecule has 1 N–H and O–H groups in total. The Morgan fingerprint density at radius 3 is 2.23 bits per heavy atom. The number of ether oxygens (including phenoxy) is 2. The van der Waals surface area contributed by atoms with Crippen LogP contribution in [-0.4, -0.2) is 23.9 Å². The van der Waals surface area contributed by atoms with E-state index < -0.39 is 29.6 Å². The molecule has 35 heavy (non-hydrogen) atoms. The van der Waals surface area contributed by atoms with Crippen LogP contribution in [0, 0.1) is 10.1 Å². The Hall–Kier alpha value is -2.50. The number of furan rings is 1. The number of nitro benzene ring substituents is 1. The Bertz CT molecular complexity index is 1260. The van der Waals surface area contributed by atoms with Gasteiger partial charge in [-0.25, -0.2) is 8.78 Å². The molecule has 0 radical (unpaired) electrons. The standard InChI is InChI=1S/C20H11Cl5F2N2O6/c21-14-15(22)17(24)19(18(25)16(14)23)34-6-10-1-2-12(35-10)20(30)28-8-3-9(29(31)32)5-11(4-8)33-7-13(26)27/h1-5,13H,6-7H2,(H,28,30). The summed E-state index contributed by atoms with van der Waals surface area (Å²) in [6.45, 7) is -1.21. The molecule has 3 rings (SSSR count). The van der Waals surface area contributed by atoms with E-state index in [-0.39, 0.29) is 60.4 Å². The number of anilines is 1. The van der Waals surface area contributed by atoms with Crippen LogP contribution in [0.5, 0.6) is 11.5 Å². The molecule has 8 nitrogen and oxygen atoms in total. The number of carbonyl (C=O) groups excluding carboxylic acids is 1. The second-order valence-corrected chi connectivity index (χ2v) is 8.47. The highest BCUT2D eigenvalue weighted by Gasteiger charge is 2.22. The molecule has 0 unspecified atom stereocenters. The lowest BCUT2D eigenvalue weighted by atomic mass is 10.2. The quantitative estimate of drug-likeness (QED) is 0.117. The minimum absolute atomic E-state index is 0.0449. The van der Waals surface area contributed by atoms with Crippen LogP contribution in [-0.2, 0) is 6.61 Å². The van der Waals surface area contributed by atoms with Crippen molar-refractivity contribution < 1.29 is 32.4 Å². The number of amides is 1. The minimum atomic E-state index is -2.79. The van der Waals surface area contributed by atoms with Gasteiger partial charge in [0.25, 0.3) is 18.0 Å². The third-order valence-corrected chi connectivity index (χ3v) is 6.39. The average Bonchev–Trinajstić information content (AvgIpc) is 3.29. The van der Waals surface area contributed by atoms with Crippen molar-refractivity contribution in [2.24, 2.45) is 0 Å². The van der Waals surface area contributed by atoms with Gasteiger partial charge in [0.05, 0.1) is 31.7 Å². The van der Waals surface area contributed by atoms with E-state index in [2.05, 4.69) is 5.32 Å². The molecule has 1 amide bonds. The highest BCUT2D eigenvalue weighted by atomic mass is 35.5. The molecule has 0 aliphatic heterocycles. The van der Waals surface area contributed by atoms with Crippen molar-refractivity contribution in [3.63, 3.8) is 0 Å². The van der Waals surface area contributed by atoms with Crippen LogP contribution >= 0.6 is 58.0 Å². The maximum absolute atomic E-state index is 12.5. The van der Waals surface area contributed by atoms with Gasteiger partial charge in [-0.1, -0.05) is 58.0 Å². The van der Waals surface area contributed by atoms with Gasteiger partial charge < -0.3 is 19.2 Å². The third kappa shape index (κ3) is 6.59. The van der Waals surface area contributed by atoms with E-state index >= 15 is 0 Å². The number of halogens is 7. The minimum Gasteiger partial charge on any atom is -0.487 e. The lowest BCUT2D eigenvalue weighted by Gasteiger charge is -2.12. The topological polar surface area (TPSA) is 104 Å². The Kier molecular flexibility index (Phi) is 8.89. The Morgan fingerprint density at radius 1 is 1.00 bits per heavy atom. The number of alkyl halides is 2. The first-order chi connectivity index (χ1) is 16.5. The van der Waals surface area contributed by atoms with Crippen molar-refractivity contribution in [1.29, 1.82) is 0 Å². The second-order valence-electron chi connectivity index (χ2n) is 6.58. The van der Waals surface area contributed by atoms with E-state index in [4.69, 9.17) is 71.9 Å². The molecule has 3 aromatic rings. The van der Waals surface area contributed by atoms with E-state index in [1.54, 1.807) is 0 Å². The number of hydrogen-bond acceptors (Lipinski definition) is 6. The fourth-order valence-electron chi connectivity index (χ4n) is 2.63. The van der Waals surface area contributed by atoms with Crippen LogP contribution < -0.4 is 14.8 Å². The highest BCUT2D eigenvalue weighted by molar-refractivity contribution is 6.55. The van der Waals surface area contributed by atoms with Crippen molar-refractivity contribution in [1.82, 2.24) is 0 Å². The molecule has 0 saturated carbocycles. The van der Waals surface area contributed by atoms with Crippen LogP contribution in [0.3, 0.4) is 0 Å². The molecule has 1 aromatic heterocycles. The lowest BCUT2D eigenvalue weighted by Crippen LogP contribution is -2.12. The predicted molar refractivity (Wildman–Crippen MR) is 127 cm³/mol. The summed E-state index contributed by atoms with van der Waals surface area (Å²) in [5.74, 6) is -1.08. The fourth-order valence-corrected chi connectivity index (χ4v) is 3.86. The van der Waals surface area contributed by atoms with E-state index in [0.29, 0.717) is 0 Å². The SMILES string of the molecule is O=C(Nc1cc(OCC(F)F)cc([N+](=O)[O-])c1)c1ccc(COc2c(Cl)c(Cl)c(Cl)c(Cl)c2Cl)o1. The molecule has 1 heterocycles. The van der Waals surface area contributed by atoms with Gasteiger partial charge in [0.1, 0.15) is 34.8 Å². The normalized spacial score (nSPS) is 11.0. The molecule has 15 heteroatoms. The zero-order valence-electron chi connectivity index (χ0n) is 16.9. The summed E-state index contributed by atoms with van der Waals surface area (Å²) in [6.07, 6.45) is -2.79. The molecule has 0 bridgehead atoms. The fraction of sp³-hybridized carbons (Fsp3) is 0.150. The van der Waals surface area contributed by atoms with Crippen molar-refractivity contribution in [2.45, 2.75) is 13.0 Å². The molecule has 186 valence electrons. The van der Waals surface area contributed by atoms with Crippen molar-refractivity contribution in [3.05, 3.63) is 77.1 Å². The van der Waals surface area contributed by atoms with E-state index in [1.165, 1.54) is 12.1 Å². The predicted octanol–water partition coefficient (Wildman–Crippen LogP) is 7.93. The number of non-ortho nitro benzene ring substituents is 1. The monoisotopic (exact) mass is 588 g/mol. The van der Waals surface area contributed by atoms with Crippen LogP contribution in [0.25, 0.3) is 0 Å². The summed E-state index contributed by atoms with van der Waals surface area (Å²) < 4.78 is 40.5. The van der Waals surface area contributed by atoms with Crippen LogP contribution in [0.2, 0.25) is 25.1 Å². The zero-order chi connectivity index (χ0) is 25.9. The second kappa shape index (κ2) is 11.5. The smallest absolute Gasteiger partial charge is 0.291 e. The van der Waals surface area contributed by atoms with E-state index in [9.17, 15) is 23.7 Å². The number of rotatable bonds is 9. The first-order valence-corrected chi connectivity index (χ1v) is 11.1. The third-order valence-electron chi connectivity index (χ3n) is 4.15. The maximum Gasteiger partial charge on any atom is 0.291 e. The summed E-state index contributed by atoms with van der Waals surface area (Å²) in [5.41, 5.74) is -0.554. The van der Waals surface area contributed by atoms with Gasteiger partial charge in [0.15, 0.2) is 11.5 Å². The molecule has 0 fully saturated rings. The van der Waals surface area contributed by atoms with Crippen molar-refractivity contribution >= 4 is 75.3 Å². The average molecular weight is 591 g/mol. The lowest BCUT2D eigenvalue weighted by molar-refractivity contribution is -0.384. The van der Waals surface area contributed by atoms with Crippen LogP contribution in [0.1, 0.15) is 16.3 Å². The molecule has 0 aliphatic rings. The molecule has 0 spiro atoms. The van der Waals surface area contributed by atoms with Gasteiger partial charge >= 0.3 is 0 Å². The van der Waals surface area contributed by atoms with E-state index in [1.807, 2.05) is 0 Å². The first-order valence-electron chi connectivity index (χ1n) is 9.22. The van der Waals surface area contributed by atoms with Gasteiger partial charge in [-0.3, -0.25) is 14.9 Å². The largest absolute Gasteiger partial charge is 0.487 e. The van der Waals surface area contributed by atoms with Crippen molar-refractivity contribution in [3.8, 4) is 11.5 Å². The Balaban J connectivity index is 1.73. The summed E-state index contributed by atoms with van der Waals surface area (Å²) in [5, 5.41) is 13.2. The molecular weight excluding hydrogens is 579 g/mol. The number of nitrogens with one attached hydrogen (secondary N) is 1. The molecular formula is C20H11Cl5F2N2O6. The Labute approximate surface area is 220 Å². The Morgan fingerprint density at radius 2 is 1.63 bits per heavy atom. The number of benzene rings is 2. The van der Waals surface area contributed by atoms with Gasteiger partial charge in [-0.05, 0) is 12.1 Å². The number of nitrogens with zero attached hydrogens (tertiary/aromatic N) is 1. The first kappa shape index (κ1) is 27.1. The van der Waals surface area contributed by atoms with Crippen LogP contribution in [0.15, 0.2) is 34.7 Å². The van der Waals surface area contributed by atoms with Gasteiger partial charge in [0, 0.05) is 12.1 Å². The molecule has 0 saturated heterocycles. The number of carbonyl (C=O) groups is 1. The molecule has 0 atom stereocenters. The van der Waals surface area contributed by atoms with Gasteiger partial charge in [-0.15, -0.1) is 0 Å². The number of nitro groups is 1. The summed E-state index contributed by atoms with van der Waals surface area (Å²) >= 11 is 30.1. The van der Waals surface area contributed by atoms with Crippen molar-refractivity contribution in [2.75, 3.05) is 11.9 Å². The maximum atomic E-state index is 12.5. The summed E-state index contributed by atoms with van der Waals surface area (Å²) in [4.78, 5) is 22.9. The van der Waals surface area contributed by atoms with Crippen LogP contribution in [0.4, 0.5) is 20.2 Å². The molecule has 0 aliphatic carbocycles. The van der Waals surface area contributed by atoms with E-state index in [0.717, 1.165) is 18.2 Å². The zero-order valence-corrected chi connectivity index (χ0v) is 20.7. The summed E-state index contributed by atoms with van der Waals surface area (Å²) in [6, 6.07) is 5.85. The number of hydrogen-bond donors (Lipinski definition) is 1. The molecule has 2 aromatic carbocycles. The summed E-state index contributed by atoms with van der Waals surface area (Å²) in [7, 11) is 0. The van der Waals surface area contributed by atoms with Gasteiger partial charge in [-0.2, -0.15) is 0 Å².